The summed E-state index contributed by atoms with van der Waals surface area (Å²) >= 11 is 0. The molecule has 1 heterocycles. The van der Waals surface area contributed by atoms with Gasteiger partial charge in [-0.25, -0.2) is 8.42 Å². The van der Waals surface area contributed by atoms with E-state index < -0.39 is 9.84 Å². The van der Waals surface area contributed by atoms with E-state index in [1.807, 2.05) is 25.2 Å². The van der Waals surface area contributed by atoms with Gasteiger partial charge in [-0.2, -0.15) is 5.10 Å². The summed E-state index contributed by atoms with van der Waals surface area (Å²) < 4.78 is 24.2. The van der Waals surface area contributed by atoms with Crippen LogP contribution in [0.4, 0.5) is 0 Å². The molecule has 0 radical (unpaired) electrons. The molecule has 2 rings (SSSR count). The first-order valence-electron chi connectivity index (χ1n) is 4.55. The normalized spacial score (nSPS) is 12.1. The monoisotopic (exact) mass is 224 g/mol. The molecule has 4 nitrogen and oxygen atoms in total. The van der Waals surface area contributed by atoms with Crippen LogP contribution in [0.5, 0.6) is 0 Å². The molecule has 5 heteroatoms. The van der Waals surface area contributed by atoms with Crippen molar-refractivity contribution >= 4 is 20.7 Å². The van der Waals surface area contributed by atoms with Gasteiger partial charge in [-0.15, -0.1) is 0 Å². The van der Waals surface area contributed by atoms with Gasteiger partial charge in [0.1, 0.15) is 0 Å². The third-order valence-electron chi connectivity index (χ3n) is 2.30. The van der Waals surface area contributed by atoms with E-state index in [1.165, 1.54) is 6.26 Å². The zero-order valence-corrected chi connectivity index (χ0v) is 9.45. The number of nitrogens with zero attached hydrogens (tertiary/aromatic N) is 2. The number of benzene rings is 1. The molecule has 0 saturated heterocycles. The summed E-state index contributed by atoms with van der Waals surface area (Å²) in [6, 6.07) is 5.60. The van der Waals surface area contributed by atoms with Crippen molar-refractivity contribution in [1.82, 2.24) is 9.78 Å². The van der Waals surface area contributed by atoms with Crippen LogP contribution in [0.25, 0.3) is 10.9 Å². The Bertz CT molecular complexity index is 599. The van der Waals surface area contributed by atoms with Crippen molar-refractivity contribution < 1.29 is 8.42 Å². The van der Waals surface area contributed by atoms with Crippen molar-refractivity contribution in [2.45, 2.75) is 5.75 Å². The van der Waals surface area contributed by atoms with Crippen LogP contribution in [0.2, 0.25) is 0 Å². The molecule has 0 N–H and O–H groups in total. The second kappa shape index (κ2) is 3.34. The van der Waals surface area contributed by atoms with Crippen molar-refractivity contribution in [3.63, 3.8) is 0 Å². The van der Waals surface area contributed by atoms with Crippen LogP contribution < -0.4 is 0 Å². The highest BCUT2D eigenvalue weighted by atomic mass is 32.2. The number of aryl methyl sites for hydroxylation is 1. The summed E-state index contributed by atoms with van der Waals surface area (Å²) in [5.41, 5.74) is 1.76. The molecule has 0 fully saturated rings. The van der Waals surface area contributed by atoms with Gasteiger partial charge in [-0.3, -0.25) is 4.68 Å². The Hall–Kier alpha value is -1.36. The fourth-order valence-corrected chi connectivity index (χ4v) is 2.46. The topological polar surface area (TPSA) is 52.0 Å². The fraction of sp³-hybridized carbons (Fsp3) is 0.300. The van der Waals surface area contributed by atoms with E-state index in [4.69, 9.17) is 0 Å². The van der Waals surface area contributed by atoms with Crippen LogP contribution in [0.3, 0.4) is 0 Å². The number of hydrogen-bond acceptors (Lipinski definition) is 3. The maximum absolute atomic E-state index is 11.2. The zero-order valence-electron chi connectivity index (χ0n) is 8.64. The molecule has 2 aromatic rings. The SMILES string of the molecule is Cn1ncc2c(CS(C)(=O)=O)cccc21. The van der Waals surface area contributed by atoms with Crippen LogP contribution >= 0.6 is 0 Å². The number of sulfone groups is 1. The van der Waals surface area contributed by atoms with Gasteiger partial charge >= 0.3 is 0 Å². The van der Waals surface area contributed by atoms with Gasteiger partial charge in [0.05, 0.1) is 17.5 Å². The summed E-state index contributed by atoms with van der Waals surface area (Å²) in [6.07, 6.45) is 2.94. The molecule has 0 atom stereocenters. The molecule has 0 aliphatic rings. The second-order valence-electron chi connectivity index (χ2n) is 3.69. The van der Waals surface area contributed by atoms with E-state index in [1.54, 1.807) is 10.9 Å². The minimum atomic E-state index is -3.00. The highest BCUT2D eigenvalue weighted by Crippen LogP contribution is 2.19. The number of aromatic nitrogens is 2. The summed E-state index contributed by atoms with van der Waals surface area (Å²) in [5, 5.41) is 5.02. The van der Waals surface area contributed by atoms with Crippen molar-refractivity contribution in [2.75, 3.05) is 6.26 Å². The molecule has 1 aromatic heterocycles. The average Bonchev–Trinajstić information content (AvgIpc) is 2.47. The minimum Gasteiger partial charge on any atom is -0.268 e. The largest absolute Gasteiger partial charge is 0.268 e. The van der Waals surface area contributed by atoms with E-state index in [2.05, 4.69) is 5.10 Å². The lowest BCUT2D eigenvalue weighted by Gasteiger charge is -2.01. The molecule has 0 unspecified atom stereocenters. The molecule has 0 aliphatic carbocycles. The van der Waals surface area contributed by atoms with E-state index >= 15 is 0 Å². The van der Waals surface area contributed by atoms with Crippen LogP contribution in [-0.2, 0) is 22.6 Å². The van der Waals surface area contributed by atoms with E-state index in [0.29, 0.717) is 0 Å². The summed E-state index contributed by atoms with van der Waals surface area (Å²) in [6.45, 7) is 0. The Morgan fingerprint density at radius 1 is 1.40 bits per heavy atom. The van der Waals surface area contributed by atoms with Crippen molar-refractivity contribution in [1.29, 1.82) is 0 Å². The Kier molecular flexibility index (Phi) is 2.26. The lowest BCUT2D eigenvalue weighted by atomic mass is 10.1. The van der Waals surface area contributed by atoms with Gasteiger partial charge < -0.3 is 0 Å². The zero-order chi connectivity index (χ0) is 11.1. The summed E-state index contributed by atoms with van der Waals surface area (Å²) in [5.74, 6) is 0.0655. The Labute approximate surface area is 88.4 Å². The van der Waals surface area contributed by atoms with Crippen LogP contribution in [-0.4, -0.2) is 24.5 Å². The van der Waals surface area contributed by atoms with Gasteiger partial charge in [0.25, 0.3) is 0 Å². The first-order valence-corrected chi connectivity index (χ1v) is 6.61. The summed E-state index contributed by atoms with van der Waals surface area (Å²) in [4.78, 5) is 0. The lowest BCUT2D eigenvalue weighted by Crippen LogP contribution is -2.01. The van der Waals surface area contributed by atoms with E-state index in [0.717, 1.165) is 16.5 Å². The van der Waals surface area contributed by atoms with Crippen LogP contribution in [0.1, 0.15) is 5.56 Å². The predicted octanol–water partition coefficient (Wildman–Crippen LogP) is 1.12. The lowest BCUT2D eigenvalue weighted by molar-refractivity contribution is 0.601. The molecule has 0 spiro atoms. The maximum atomic E-state index is 11.2. The molecule has 15 heavy (non-hydrogen) atoms. The van der Waals surface area contributed by atoms with Gasteiger partial charge in [-0.1, -0.05) is 12.1 Å². The van der Waals surface area contributed by atoms with Crippen molar-refractivity contribution in [2.24, 2.45) is 7.05 Å². The first-order chi connectivity index (χ1) is 6.97. The van der Waals surface area contributed by atoms with Gasteiger partial charge in [-0.05, 0) is 11.6 Å². The highest BCUT2D eigenvalue weighted by Gasteiger charge is 2.09. The maximum Gasteiger partial charge on any atom is 0.151 e. The molecule has 0 saturated carbocycles. The molecule has 1 aromatic carbocycles. The van der Waals surface area contributed by atoms with Crippen LogP contribution in [0, 0.1) is 0 Å². The Balaban J connectivity index is 2.62. The van der Waals surface area contributed by atoms with Gasteiger partial charge in [0, 0.05) is 18.7 Å². The molecule has 0 aliphatic heterocycles. The standard InChI is InChI=1S/C10H12N2O2S/c1-12-10-5-3-4-8(7-15(2,13)14)9(10)6-11-12/h3-6H,7H2,1-2H3. The van der Waals surface area contributed by atoms with Gasteiger partial charge in [0.15, 0.2) is 9.84 Å². The molecular weight excluding hydrogens is 212 g/mol. The number of hydrogen-bond donors (Lipinski definition) is 0. The van der Waals surface area contributed by atoms with Crippen LogP contribution in [0.15, 0.2) is 24.4 Å². The quantitative estimate of drug-likeness (QED) is 0.768. The van der Waals surface area contributed by atoms with Crippen molar-refractivity contribution in [3.8, 4) is 0 Å². The minimum absolute atomic E-state index is 0.0655. The average molecular weight is 224 g/mol. The summed E-state index contributed by atoms with van der Waals surface area (Å²) in [7, 11) is -1.16. The Morgan fingerprint density at radius 3 is 2.80 bits per heavy atom. The second-order valence-corrected chi connectivity index (χ2v) is 5.83. The fourth-order valence-electron chi connectivity index (χ4n) is 1.65. The number of rotatable bonds is 2. The van der Waals surface area contributed by atoms with Crippen molar-refractivity contribution in [3.05, 3.63) is 30.0 Å². The predicted molar refractivity (Wildman–Crippen MR) is 59.3 cm³/mol. The molecule has 0 bridgehead atoms. The number of fused-ring (bicyclic) bond motifs is 1. The van der Waals surface area contributed by atoms with E-state index in [9.17, 15) is 8.42 Å². The Morgan fingerprint density at radius 2 is 2.13 bits per heavy atom. The molecule has 80 valence electrons. The van der Waals surface area contributed by atoms with E-state index in [-0.39, 0.29) is 5.75 Å². The third kappa shape index (κ3) is 2.02. The van der Waals surface area contributed by atoms with Gasteiger partial charge in [0.2, 0.25) is 0 Å². The molecular formula is C10H12N2O2S. The third-order valence-corrected chi connectivity index (χ3v) is 3.14. The molecule has 0 amide bonds. The smallest absolute Gasteiger partial charge is 0.151 e. The first kappa shape index (κ1) is 10.2. The highest BCUT2D eigenvalue weighted by molar-refractivity contribution is 7.89.